The van der Waals surface area contributed by atoms with Gasteiger partial charge in [-0.1, -0.05) is 17.7 Å². The fraction of sp³-hybridized carbons (Fsp3) is 0.375. The number of carbonyl (C=O) groups is 2. The summed E-state index contributed by atoms with van der Waals surface area (Å²) in [7, 11) is 2.81. The van der Waals surface area contributed by atoms with Gasteiger partial charge in [-0.05, 0) is 24.6 Å². The van der Waals surface area contributed by atoms with Gasteiger partial charge in [-0.2, -0.15) is 0 Å². The van der Waals surface area contributed by atoms with Crippen molar-refractivity contribution >= 4 is 23.6 Å². The van der Waals surface area contributed by atoms with Crippen LogP contribution >= 0.6 is 11.6 Å². The summed E-state index contributed by atoms with van der Waals surface area (Å²) in [5.74, 6) is -0.631. The van der Waals surface area contributed by atoms with Crippen molar-refractivity contribution in [2.75, 3.05) is 27.4 Å². The van der Waals surface area contributed by atoms with Crippen molar-refractivity contribution in [1.82, 2.24) is 10.2 Å². The molecule has 2 N–H and O–H groups in total. The van der Waals surface area contributed by atoms with Gasteiger partial charge in [0.25, 0.3) is 0 Å². The second-order valence-corrected chi connectivity index (χ2v) is 5.64. The molecule has 1 aromatic carbocycles. The standard InChI is InChI=1S/C16H19ClN2O5/c1-9-13(15(21)24-3)14(10-4-5-12(20)11(17)8-10)18-16(22)19(9)6-7-23-2/h4-5,8,14,20H,6-7H2,1-3H3,(H,18,22). The molecule has 24 heavy (non-hydrogen) atoms. The van der Waals surface area contributed by atoms with E-state index in [9.17, 15) is 14.7 Å². The smallest absolute Gasteiger partial charge is 0.337 e. The number of urea groups is 1. The number of carbonyl (C=O) groups excluding carboxylic acids is 2. The van der Waals surface area contributed by atoms with Crippen LogP contribution in [0.5, 0.6) is 5.75 Å². The van der Waals surface area contributed by atoms with E-state index in [-0.39, 0.29) is 16.8 Å². The molecule has 0 aromatic heterocycles. The molecule has 0 aliphatic carbocycles. The zero-order valence-corrected chi connectivity index (χ0v) is 14.4. The van der Waals surface area contributed by atoms with Crippen LogP contribution < -0.4 is 5.32 Å². The van der Waals surface area contributed by atoms with Gasteiger partial charge in [0, 0.05) is 12.8 Å². The van der Waals surface area contributed by atoms with Crippen LogP contribution in [0.4, 0.5) is 4.79 Å². The van der Waals surface area contributed by atoms with Crippen molar-refractivity contribution in [2.24, 2.45) is 0 Å². The molecule has 7 nitrogen and oxygen atoms in total. The first kappa shape index (κ1) is 18.1. The monoisotopic (exact) mass is 354 g/mol. The number of allylic oxidation sites excluding steroid dienone is 1. The highest BCUT2D eigenvalue weighted by Gasteiger charge is 2.36. The Labute approximate surface area is 144 Å². The Hall–Kier alpha value is -2.25. The Balaban J connectivity index is 2.50. The van der Waals surface area contributed by atoms with Crippen LogP contribution in [0.3, 0.4) is 0 Å². The van der Waals surface area contributed by atoms with Crippen molar-refractivity contribution in [2.45, 2.75) is 13.0 Å². The highest BCUT2D eigenvalue weighted by Crippen LogP contribution is 2.34. The number of phenols is 1. The van der Waals surface area contributed by atoms with Crippen LogP contribution in [-0.2, 0) is 14.3 Å². The molecule has 1 unspecified atom stereocenters. The number of nitrogens with zero attached hydrogens (tertiary/aromatic N) is 1. The molecule has 0 saturated carbocycles. The van der Waals surface area contributed by atoms with Gasteiger partial charge in [-0.25, -0.2) is 9.59 Å². The Morgan fingerprint density at radius 2 is 2.12 bits per heavy atom. The number of esters is 1. The second-order valence-electron chi connectivity index (χ2n) is 5.23. The number of hydrogen-bond donors (Lipinski definition) is 2. The van der Waals surface area contributed by atoms with E-state index < -0.39 is 12.0 Å². The molecule has 0 saturated heterocycles. The van der Waals surface area contributed by atoms with E-state index in [1.807, 2.05) is 0 Å². The molecule has 2 rings (SSSR count). The molecule has 8 heteroatoms. The number of halogens is 1. The molecule has 1 atom stereocenters. The van der Waals surface area contributed by atoms with Crippen LogP contribution in [0.15, 0.2) is 29.5 Å². The highest BCUT2D eigenvalue weighted by atomic mass is 35.5. The zero-order valence-electron chi connectivity index (χ0n) is 13.6. The lowest BCUT2D eigenvalue weighted by Gasteiger charge is -2.35. The predicted molar refractivity (Wildman–Crippen MR) is 87.7 cm³/mol. The van der Waals surface area contributed by atoms with Gasteiger partial charge < -0.3 is 19.9 Å². The first-order valence-corrected chi connectivity index (χ1v) is 7.63. The molecule has 0 bridgehead atoms. The van der Waals surface area contributed by atoms with E-state index in [1.165, 1.54) is 31.3 Å². The van der Waals surface area contributed by atoms with Crippen molar-refractivity contribution in [3.63, 3.8) is 0 Å². The number of phenolic OH excluding ortho intramolecular Hbond substituents is 1. The Morgan fingerprint density at radius 3 is 2.71 bits per heavy atom. The van der Waals surface area contributed by atoms with Crippen LogP contribution in [0.2, 0.25) is 5.02 Å². The summed E-state index contributed by atoms with van der Waals surface area (Å²) in [5.41, 5.74) is 1.35. The lowest BCUT2D eigenvalue weighted by Crippen LogP contribution is -2.48. The molecule has 0 spiro atoms. The molecule has 1 aliphatic heterocycles. The second kappa shape index (κ2) is 7.55. The largest absolute Gasteiger partial charge is 0.506 e. The number of nitrogens with one attached hydrogen (secondary N) is 1. The maximum atomic E-state index is 12.4. The van der Waals surface area contributed by atoms with Gasteiger partial charge in [0.15, 0.2) is 0 Å². The average molecular weight is 355 g/mol. The van der Waals surface area contributed by atoms with Crippen LogP contribution in [0, 0.1) is 0 Å². The van der Waals surface area contributed by atoms with Crippen molar-refractivity contribution in [3.8, 4) is 5.75 Å². The molecule has 1 aromatic rings. The number of methoxy groups -OCH3 is 2. The molecular weight excluding hydrogens is 336 g/mol. The number of rotatable bonds is 5. The summed E-state index contributed by atoms with van der Waals surface area (Å²) in [5, 5.41) is 12.5. The highest BCUT2D eigenvalue weighted by molar-refractivity contribution is 6.32. The maximum absolute atomic E-state index is 12.4. The van der Waals surface area contributed by atoms with Crippen LogP contribution in [0.1, 0.15) is 18.5 Å². The zero-order chi connectivity index (χ0) is 17.9. The third-order valence-corrected chi connectivity index (χ3v) is 4.13. The van der Waals surface area contributed by atoms with Gasteiger partial charge in [0.05, 0.1) is 36.9 Å². The van der Waals surface area contributed by atoms with Crippen molar-refractivity contribution in [3.05, 3.63) is 40.1 Å². The predicted octanol–water partition coefficient (Wildman–Crippen LogP) is 2.21. The van der Waals surface area contributed by atoms with Crippen molar-refractivity contribution < 1.29 is 24.2 Å². The van der Waals surface area contributed by atoms with Crippen molar-refractivity contribution in [1.29, 1.82) is 0 Å². The summed E-state index contributed by atoms with van der Waals surface area (Å²) in [6.45, 7) is 2.31. The minimum Gasteiger partial charge on any atom is -0.506 e. The first-order valence-electron chi connectivity index (χ1n) is 7.25. The van der Waals surface area contributed by atoms with E-state index in [1.54, 1.807) is 13.0 Å². The molecule has 1 heterocycles. The molecule has 0 fully saturated rings. The van der Waals surface area contributed by atoms with Gasteiger partial charge in [-0.15, -0.1) is 0 Å². The normalized spacial score (nSPS) is 17.8. The minimum atomic E-state index is -0.721. The average Bonchev–Trinajstić information content (AvgIpc) is 2.56. The number of amides is 2. The van der Waals surface area contributed by atoms with Gasteiger partial charge in [0.1, 0.15) is 5.75 Å². The lowest BCUT2D eigenvalue weighted by atomic mass is 9.95. The van der Waals surface area contributed by atoms with E-state index >= 15 is 0 Å². The third-order valence-electron chi connectivity index (χ3n) is 3.83. The lowest BCUT2D eigenvalue weighted by molar-refractivity contribution is -0.136. The summed E-state index contributed by atoms with van der Waals surface area (Å²) < 4.78 is 9.86. The van der Waals surface area contributed by atoms with E-state index in [2.05, 4.69) is 5.32 Å². The number of aromatic hydroxyl groups is 1. The molecule has 130 valence electrons. The number of benzene rings is 1. The van der Waals surface area contributed by atoms with Gasteiger partial charge >= 0.3 is 12.0 Å². The third kappa shape index (κ3) is 3.47. The van der Waals surface area contributed by atoms with Crippen LogP contribution in [-0.4, -0.2) is 49.4 Å². The molecule has 0 radical (unpaired) electrons. The summed E-state index contributed by atoms with van der Waals surface area (Å²) in [6, 6.07) is 3.43. The first-order chi connectivity index (χ1) is 11.4. The van der Waals surface area contributed by atoms with E-state index in [0.717, 1.165) is 0 Å². The Kier molecular flexibility index (Phi) is 5.69. The quantitative estimate of drug-likeness (QED) is 0.791. The fourth-order valence-corrected chi connectivity index (χ4v) is 2.75. The van der Waals surface area contributed by atoms with Crippen LogP contribution in [0.25, 0.3) is 0 Å². The minimum absolute atomic E-state index is 0.0791. The Bertz CT molecular complexity index is 689. The maximum Gasteiger partial charge on any atom is 0.337 e. The van der Waals surface area contributed by atoms with Gasteiger partial charge in [-0.3, -0.25) is 4.90 Å². The molecule has 2 amide bonds. The SMILES string of the molecule is COCCN1C(=O)NC(c2ccc(O)c(Cl)c2)C(C(=O)OC)=C1C. The fourth-order valence-electron chi connectivity index (χ4n) is 2.56. The van der Waals surface area contributed by atoms with Gasteiger partial charge in [0.2, 0.25) is 0 Å². The van der Waals surface area contributed by atoms with E-state index in [4.69, 9.17) is 21.1 Å². The molecular formula is C16H19ClN2O5. The number of hydrogen-bond acceptors (Lipinski definition) is 5. The van der Waals surface area contributed by atoms with E-state index in [0.29, 0.717) is 30.0 Å². The topological polar surface area (TPSA) is 88.1 Å². The summed E-state index contributed by atoms with van der Waals surface area (Å²) >= 11 is 5.94. The number of ether oxygens (including phenoxy) is 2. The summed E-state index contributed by atoms with van der Waals surface area (Å²) in [4.78, 5) is 26.1. The summed E-state index contributed by atoms with van der Waals surface area (Å²) in [6.07, 6.45) is 0. The Morgan fingerprint density at radius 1 is 1.42 bits per heavy atom. The molecule has 1 aliphatic rings.